The zero-order valence-electron chi connectivity index (χ0n) is 10.2. The Balaban J connectivity index is 2.04. The van der Waals surface area contributed by atoms with Crippen LogP contribution in [-0.4, -0.2) is 46.8 Å². The second-order valence-corrected chi connectivity index (χ2v) is 5.54. The summed E-state index contributed by atoms with van der Waals surface area (Å²) in [5, 5.41) is 9.12. The monoisotopic (exact) mass is 361 g/mol. The molecule has 18 heavy (non-hydrogen) atoms. The molecule has 0 unspecified atom stereocenters. The van der Waals surface area contributed by atoms with Crippen LogP contribution in [0, 0.1) is 3.57 Å². The van der Waals surface area contributed by atoms with E-state index in [2.05, 4.69) is 32.5 Å². The van der Waals surface area contributed by atoms with Crippen LogP contribution in [0.15, 0.2) is 18.3 Å². The van der Waals surface area contributed by atoms with E-state index in [4.69, 9.17) is 5.11 Å². The van der Waals surface area contributed by atoms with Gasteiger partial charge in [-0.2, -0.15) is 0 Å². The highest BCUT2D eigenvalue weighted by Gasteiger charge is 2.30. The van der Waals surface area contributed by atoms with Crippen molar-refractivity contribution in [3.8, 4) is 0 Å². The molecule has 0 aliphatic carbocycles. The summed E-state index contributed by atoms with van der Waals surface area (Å²) < 4.78 is 1.10. The first-order valence-corrected chi connectivity index (χ1v) is 7.05. The predicted molar refractivity (Wildman–Crippen MR) is 78.0 cm³/mol. The molecule has 0 radical (unpaired) electrons. The summed E-state index contributed by atoms with van der Waals surface area (Å²) in [7, 11) is 0. The highest BCUT2D eigenvalue weighted by Crippen LogP contribution is 2.21. The van der Waals surface area contributed by atoms with Gasteiger partial charge in [-0.1, -0.05) is 0 Å². The average molecular weight is 361 g/mol. The smallest absolute Gasteiger partial charge is 0.407 e. The van der Waals surface area contributed by atoms with Gasteiger partial charge in [0.25, 0.3) is 0 Å². The van der Waals surface area contributed by atoms with E-state index in [0.29, 0.717) is 6.54 Å². The third-order valence-corrected chi connectivity index (χ3v) is 3.86. The molecule has 1 fully saturated rings. The van der Waals surface area contributed by atoms with E-state index >= 15 is 0 Å². The van der Waals surface area contributed by atoms with Crippen molar-refractivity contribution in [2.24, 2.45) is 0 Å². The molecule has 0 bridgehead atoms. The molecule has 2 rings (SSSR count). The summed E-state index contributed by atoms with van der Waals surface area (Å²) in [6.07, 6.45) is 1.87. The van der Waals surface area contributed by atoms with Crippen molar-refractivity contribution in [3.63, 3.8) is 0 Å². The Kier molecular flexibility index (Phi) is 4.26. The van der Waals surface area contributed by atoms with Gasteiger partial charge in [-0.3, -0.25) is 0 Å². The van der Waals surface area contributed by atoms with Crippen LogP contribution in [0.5, 0.6) is 0 Å². The third-order valence-electron chi connectivity index (χ3n) is 3.23. The van der Waals surface area contributed by atoms with E-state index in [9.17, 15) is 4.79 Å². The Hall–Kier alpha value is -1.05. The second kappa shape index (κ2) is 5.73. The van der Waals surface area contributed by atoms with Gasteiger partial charge in [-0.15, -0.1) is 0 Å². The number of halogens is 1. The molecule has 5 nitrogen and oxygen atoms in total. The van der Waals surface area contributed by atoms with E-state index < -0.39 is 6.09 Å². The van der Waals surface area contributed by atoms with Gasteiger partial charge < -0.3 is 14.9 Å². The van der Waals surface area contributed by atoms with Crippen LogP contribution in [0.3, 0.4) is 0 Å². The first kappa shape index (κ1) is 13.4. The highest BCUT2D eigenvalue weighted by molar-refractivity contribution is 14.1. The van der Waals surface area contributed by atoms with E-state index in [1.165, 1.54) is 4.90 Å². The summed E-state index contributed by atoms with van der Waals surface area (Å²) in [6, 6.07) is 4.08. The van der Waals surface area contributed by atoms with Crippen molar-refractivity contribution in [3.05, 3.63) is 21.9 Å². The summed E-state index contributed by atoms with van der Waals surface area (Å²) >= 11 is 2.22. The van der Waals surface area contributed by atoms with Gasteiger partial charge in [0.15, 0.2) is 0 Å². The molecule has 1 aromatic rings. The van der Waals surface area contributed by atoms with Gasteiger partial charge in [0.05, 0.1) is 6.04 Å². The average Bonchev–Trinajstić information content (AvgIpc) is 2.80. The number of rotatable bonds is 3. The van der Waals surface area contributed by atoms with Crippen LogP contribution in [0.1, 0.15) is 13.3 Å². The minimum Gasteiger partial charge on any atom is -0.465 e. The van der Waals surface area contributed by atoms with Crippen LogP contribution >= 0.6 is 22.6 Å². The molecular formula is C12H16IN3O2. The molecule has 1 aliphatic heterocycles. The Bertz CT molecular complexity index is 424. The topological polar surface area (TPSA) is 56.7 Å². The molecule has 1 N–H and O–H groups in total. The van der Waals surface area contributed by atoms with Crippen molar-refractivity contribution < 1.29 is 9.90 Å². The van der Waals surface area contributed by atoms with Gasteiger partial charge in [0.1, 0.15) is 5.82 Å². The van der Waals surface area contributed by atoms with Crippen molar-refractivity contribution in [2.45, 2.75) is 19.4 Å². The van der Waals surface area contributed by atoms with E-state index in [0.717, 1.165) is 28.9 Å². The molecule has 0 spiro atoms. The number of hydrogen-bond acceptors (Lipinski definition) is 3. The minimum atomic E-state index is -0.833. The molecule has 6 heteroatoms. The Morgan fingerprint density at radius 1 is 1.67 bits per heavy atom. The second-order valence-electron chi connectivity index (χ2n) is 4.29. The third kappa shape index (κ3) is 2.85. The maximum atomic E-state index is 11.1. The maximum absolute atomic E-state index is 11.1. The first-order valence-electron chi connectivity index (χ1n) is 5.98. The number of nitrogens with zero attached hydrogens (tertiary/aromatic N) is 3. The normalized spacial score (nSPS) is 19.0. The fraction of sp³-hybridized carbons (Fsp3) is 0.500. The zero-order chi connectivity index (χ0) is 13.1. The molecule has 98 valence electrons. The molecule has 1 aliphatic rings. The lowest BCUT2D eigenvalue weighted by Crippen LogP contribution is -2.41. The van der Waals surface area contributed by atoms with Crippen molar-refractivity contribution in [1.82, 2.24) is 9.88 Å². The molecule has 1 aromatic heterocycles. The van der Waals surface area contributed by atoms with Crippen molar-refractivity contribution >= 4 is 34.5 Å². The fourth-order valence-electron chi connectivity index (χ4n) is 2.31. The molecule has 0 aromatic carbocycles. The lowest BCUT2D eigenvalue weighted by molar-refractivity contribution is 0.131. The van der Waals surface area contributed by atoms with Gasteiger partial charge in [-0.05, 0) is 48.1 Å². The number of carbonyl (C=O) groups is 1. The van der Waals surface area contributed by atoms with E-state index in [-0.39, 0.29) is 6.04 Å². The summed E-state index contributed by atoms with van der Waals surface area (Å²) in [5.41, 5.74) is 0. The SMILES string of the molecule is CCN(C(=O)O)[C@@H]1CCN(c2ccc(I)cn2)C1. The summed E-state index contributed by atoms with van der Waals surface area (Å²) in [6.45, 7) is 4.00. The van der Waals surface area contributed by atoms with E-state index in [1.54, 1.807) is 0 Å². The van der Waals surface area contributed by atoms with Crippen molar-refractivity contribution in [1.29, 1.82) is 0 Å². The number of anilines is 1. The Labute approximate surface area is 120 Å². The molecule has 0 saturated carbocycles. The Morgan fingerprint density at radius 2 is 2.44 bits per heavy atom. The number of pyridine rings is 1. The van der Waals surface area contributed by atoms with Gasteiger partial charge in [0, 0.05) is 29.4 Å². The standard InChI is InChI=1S/C12H16IN3O2/c1-2-16(12(17)18)10-5-6-15(8-10)11-4-3-9(13)7-14-11/h3-4,7,10H,2,5-6,8H2,1H3,(H,17,18)/t10-/m1/s1. The largest absolute Gasteiger partial charge is 0.465 e. The lowest BCUT2D eigenvalue weighted by atomic mass is 10.2. The van der Waals surface area contributed by atoms with Crippen LogP contribution in [0.4, 0.5) is 10.6 Å². The number of likely N-dealkylation sites (N-methyl/N-ethyl adjacent to an activating group) is 1. The Morgan fingerprint density at radius 3 is 3.00 bits per heavy atom. The van der Waals surface area contributed by atoms with Gasteiger partial charge in [-0.25, -0.2) is 9.78 Å². The number of carboxylic acid groups (broad SMARTS) is 1. The summed E-state index contributed by atoms with van der Waals surface area (Å²) in [5.74, 6) is 0.930. The van der Waals surface area contributed by atoms with Crippen LogP contribution in [0.2, 0.25) is 0 Å². The first-order chi connectivity index (χ1) is 8.61. The molecule has 1 atom stereocenters. The van der Waals surface area contributed by atoms with Crippen LogP contribution in [0.25, 0.3) is 0 Å². The fourth-order valence-corrected chi connectivity index (χ4v) is 2.63. The molecular weight excluding hydrogens is 345 g/mol. The predicted octanol–water partition coefficient (Wildman–Crippen LogP) is 2.26. The maximum Gasteiger partial charge on any atom is 0.407 e. The van der Waals surface area contributed by atoms with Crippen molar-refractivity contribution in [2.75, 3.05) is 24.5 Å². The quantitative estimate of drug-likeness (QED) is 0.840. The van der Waals surface area contributed by atoms with Gasteiger partial charge in [0.2, 0.25) is 0 Å². The number of hydrogen-bond donors (Lipinski definition) is 1. The highest BCUT2D eigenvalue weighted by atomic mass is 127. The summed E-state index contributed by atoms with van der Waals surface area (Å²) in [4.78, 5) is 19.1. The zero-order valence-corrected chi connectivity index (χ0v) is 12.4. The lowest BCUT2D eigenvalue weighted by Gasteiger charge is -2.25. The number of amides is 1. The van der Waals surface area contributed by atoms with Gasteiger partial charge >= 0.3 is 6.09 Å². The number of aromatic nitrogens is 1. The van der Waals surface area contributed by atoms with Crippen LogP contribution < -0.4 is 4.90 Å². The molecule has 1 amide bonds. The minimum absolute atomic E-state index is 0.0774. The molecule has 1 saturated heterocycles. The van der Waals surface area contributed by atoms with E-state index in [1.807, 2.05) is 25.3 Å². The molecule has 2 heterocycles. The van der Waals surface area contributed by atoms with Crippen LogP contribution in [-0.2, 0) is 0 Å².